The molecule has 24 heavy (non-hydrogen) atoms. The molecule has 0 radical (unpaired) electrons. The SMILES string of the molecule is CC1CNCCC1NS(=O)(=O)c1ccc(NS(C)(=O)=O)c(F)c1.Cl. The second-order valence-corrected chi connectivity index (χ2v) is 9.18. The normalized spacial score (nSPS) is 21.8. The summed E-state index contributed by atoms with van der Waals surface area (Å²) >= 11 is 0. The highest BCUT2D eigenvalue weighted by atomic mass is 35.5. The van der Waals surface area contributed by atoms with Gasteiger partial charge in [-0.2, -0.15) is 0 Å². The molecular weight excluding hydrogens is 381 g/mol. The molecule has 2 atom stereocenters. The maximum atomic E-state index is 13.9. The minimum Gasteiger partial charge on any atom is -0.316 e. The Hall–Kier alpha value is -0.940. The van der Waals surface area contributed by atoms with Gasteiger partial charge in [0.1, 0.15) is 5.82 Å². The summed E-state index contributed by atoms with van der Waals surface area (Å²) in [5.74, 6) is -0.828. The molecule has 1 aliphatic heterocycles. The Bertz CT molecular complexity index is 786. The quantitative estimate of drug-likeness (QED) is 0.679. The second kappa shape index (κ2) is 7.96. The summed E-state index contributed by atoms with van der Waals surface area (Å²) < 4.78 is 65.5. The fourth-order valence-electron chi connectivity index (χ4n) is 2.40. The molecule has 0 bridgehead atoms. The number of piperidine rings is 1. The van der Waals surface area contributed by atoms with Crippen molar-refractivity contribution in [2.75, 3.05) is 24.1 Å². The van der Waals surface area contributed by atoms with Crippen molar-refractivity contribution in [1.82, 2.24) is 10.0 Å². The summed E-state index contributed by atoms with van der Waals surface area (Å²) in [5.41, 5.74) is -0.290. The van der Waals surface area contributed by atoms with Crippen LogP contribution >= 0.6 is 12.4 Å². The highest BCUT2D eigenvalue weighted by Gasteiger charge is 2.27. The van der Waals surface area contributed by atoms with Crippen molar-refractivity contribution in [2.45, 2.75) is 24.3 Å². The van der Waals surface area contributed by atoms with Gasteiger partial charge in [0, 0.05) is 6.04 Å². The number of benzene rings is 1. The molecule has 0 saturated carbocycles. The zero-order valence-corrected chi connectivity index (χ0v) is 15.7. The lowest BCUT2D eigenvalue weighted by atomic mass is 9.97. The van der Waals surface area contributed by atoms with Crippen molar-refractivity contribution in [1.29, 1.82) is 0 Å². The molecule has 1 aromatic carbocycles. The van der Waals surface area contributed by atoms with Gasteiger partial charge in [-0.25, -0.2) is 25.9 Å². The standard InChI is InChI=1S/C13H20FN3O4S2.ClH/c1-9-8-15-6-5-12(9)17-23(20,21)10-3-4-13(11(14)7-10)16-22(2,18)19;/h3-4,7,9,12,15-17H,5-6,8H2,1-2H3;1H. The Balaban J connectivity index is 0.00000288. The number of hydrogen-bond acceptors (Lipinski definition) is 5. The molecule has 1 saturated heterocycles. The summed E-state index contributed by atoms with van der Waals surface area (Å²) in [4.78, 5) is -0.236. The Kier molecular flexibility index (Phi) is 7.00. The van der Waals surface area contributed by atoms with Gasteiger partial charge in [-0.05, 0) is 43.6 Å². The average Bonchev–Trinajstić information content (AvgIpc) is 2.42. The first-order valence-corrected chi connectivity index (χ1v) is 10.5. The van der Waals surface area contributed by atoms with Crippen LogP contribution in [0.3, 0.4) is 0 Å². The van der Waals surface area contributed by atoms with E-state index in [1.807, 2.05) is 11.6 Å². The molecule has 1 fully saturated rings. The van der Waals surface area contributed by atoms with Crippen molar-refractivity contribution < 1.29 is 21.2 Å². The zero-order chi connectivity index (χ0) is 17.3. The van der Waals surface area contributed by atoms with E-state index in [1.165, 1.54) is 6.07 Å². The van der Waals surface area contributed by atoms with Gasteiger partial charge >= 0.3 is 0 Å². The Morgan fingerprint density at radius 2 is 1.92 bits per heavy atom. The van der Waals surface area contributed by atoms with E-state index in [0.29, 0.717) is 19.5 Å². The molecule has 1 aromatic rings. The molecule has 138 valence electrons. The lowest BCUT2D eigenvalue weighted by Gasteiger charge is -2.29. The van der Waals surface area contributed by atoms with Gasteiger partial charge in [-0.1, -0.05) is 6.92 Å². The second-order valence-electron chi connectivity index (χ2n) is 5.71. The van der Waals surface area contributed by atoms with Crippen molar-refractivity contribution in [3.63, 3.8) is 0 Å². The first-order valence-electron chi connectivity index (χ1n) is 7.09. The van der Waals surface area contributed by atoms with Crippen molar-refractivity contribution in [3.8, 4) is 0 Å². The van der Waals surface area contributed by atoms with Crippen LogP contribution in [-0.4, -0.2) is 42.2 Å². The highest BCUT2D eigenvalue weighted by Crippen LogP contribution is 2.21. The molecule has 2 unspecified atom stereocenters. The van der Waals surface area contributed by atoms with Crippen molar-refractivity contribution in [2.24, 2.45) is 5.92 Å². The van der Waals surface area contributed by atoms with E-state index in [-0.39, 0.29) is 34.9 Å². The predicted octanol–water partition coefficient (Wildman–Crippen LogP) is 0.895. The van der Waals surface area contributed by atoms with E-state index < -0.39 is 25.9 Å². The summed E-state index contributed by atoms with van der Waals surface area (Å²) in [6.45, 7) is 3.35. The van der Waals surface area contributed by atoms with Crippen LogP contribution in [0.1, 0.15) is 13.3 Å². The minimum absolute atomic E-state index is 0. The van der Waals surface area contributed by atoms with E-state index in [1.54, 1.807) is 0 Å². The maximum absolute atomic E-state index is 13.9. The Labute approximate surface area is 147 Å². The summed E-state index contributed by atoms with van der Waals surface area (Å²) in [6, 6.07) is 2.85. The van der Waals surface area contributed by atoms with Gasteiger partial charge < -0.3 is 5.32 Å². The van der Waals surface area contributed by atoms with E-state index in [0.717, 1.165) is 18.4 Å². The lowest BCUT2D eigenvalue weighted by Crippen LogP contribution is -2.48. The molecule has 11 heteroatoms. The predicted molar refractivity (Wildman–Crippen MR) is 92.9 cm³/mol. The van der Waals surface area contributed by atoms with E-state index in [9.17, 15) is 21.2 Å². The molecule has 2 rings (SSSR count). The van der Waals surface area contributed by atoms with Gasteiger partial charge in [0.2, 0.25) is 20.0 Å². The van der Waals surface area contributed by atoms with Crippen LogP contribution in [0, 0.1) is 11.7 Å². The first kappa shape index (κ1) is 21.1. The van der Waals surface area contributed by atoms with Crippen molar-refractivity contribution in [3.05, 3.63) is 24.0 Å². The topological polar surface area (TPSA) is 104 Å². The first-order chi connectivity index (χ1) is 10.6. The molecule has 0 spiro atoms. The van der Waals surface area contributed by atoms with Crippen LogP contribution in [0.2, 0.25) is 0 Å². The monoisotopic (exact) mass is 401 g/mol. The van der Waals surface area contributed by atoms with Crippen LogP contribution in [0.25, 0.3) is 0 Å². The van der Waals surface area contributed by atoms with Crippen LogP contribution < -0.4 is 14.8 Å². The van der Waals surface area contributed by atoms with Crippen LogP contribution in [0.15, 0.2) is 23.1 Å². The van der Waals surface area contributed by atoms with Crippen LogP contribution in [-0.2, 0) is 20.0 Å². The van der Waals surface area contributed by atoms with E-state index in [2.05, 4.69) is 10.0 Å². The number of nitrogens with one attached hydrogen (secondary N) is 3. The number of hydrogen-bond donors (Lipinski definition) is 3. The molecule has 0 aromatic heterocycles. The third-order valence-electron chi connectivity index (χ3n) is 3.64. The average molecular weight is 402 g/mol. The van der Waals surface area contributed by atoms with E-state index in [4.69, 9.17) is 0 Å². The zero-order valence-electron chi connectivity index (χ0n) is 13.2. The van der Waals surface area contributed by atoms with E-state index >= 15 is 0 Å². The number of anilines is 1. The number of rotatable bonds is 5. The van der Waals surface area contributed by atoms with Gasteiger partial charge in [0.25, 0.3) is 0 Å². The third-order valence-corrected chi connectivity index (χ3v) is 5.72. The summed E-state index contributed by atoms with van der Waals surface area (Å²) in [6.07, 6.45) is 1.54. The fourth-order valence-corrected chi connectivity index (χ4v) is 4.36. The van der Waals surface area contributed by atoms with Crippen LogP contribution in [0.5, 0.6) is 0 Å². The van der Waals surface area contributed by atoms with Gasteiger partial charge in [0.05, 0.1) is 16.8 Å². The molecule has 1 heterocycles. The van der Waals surface area contributed by atoms with Gasteiger partial charge in [-0.15, -0.1) is 12.4 Å². The number of sulfonamides is 2. The molecule has 3 N–H and O–H groups in total. The fraction of sp³-hybridized carbons (Fsp3) is 0.538. The van der Waals surface area contributed by atoms with Gasteiger partial charge in [0.15, 0.2) is 0 Å². The Morgan fingerprint density at radius 1 is 1.25 bits per heavy atom. The number of halogens is 2. The minimum atomic E-state index is -3.87. The molecule has 0 amide bonds. The lowest BCUT2D eigenvalue weighted by molar-refractivity contribution is 0.328. The molecular formula is C13H21ClFN3O4S2. The summed E-state index contributed by atoms with van der Waals surface area (Å²) in [5, 5.41) is 3.17. The molecule has 7 nitrogen and oxygen atoms in total. The highest BCUT2D eigenvalue weighted by molar-refractivity contribution is 7.92. The largest absolute Gasteiger partial charge is 0.316 e. The molecule has 1 aliphatic rings. The van der Waals surface area contributed by atoms with Crippen molar-refractivity contribution >= 4 is 38.1 Å². The summed E-state index contributed by atoms with van der Waals surface area (Å²) in [7, 11) is -7.51. The smallest absolute Gasteiger partial charge is 0.240 e. The van der Waals surface area contributed by atoms with Crippen LogP contribution in [0.4, 0.5) is 10.1 Å². The third kappa shape index (κ3) is 5.55. The molecule has 0 aliphatic carbocycles. The Morgan fingerprint density at radius 3 is 2.46 bits per heavy atom. The maximum Gasteiger partial charge on any atom is 0.240 e. The van der Waals surface area contributed by atoms with Gasteiger partial charge in [-0.3, -0.25) is 4.72 Å².